The standard InChI is InChI=1S/C31H33N5O5/c1-18(2)36-27-21(17-32-36)15-31(16-26(27)37)9-11-35(12-10-31)28(38)20-6-8-24-25(13-20)34-30(33-24)41-22-7-5-19(3)23(14-22)29(39)40-4/h5-8,13-14,17-18H,9-12,15-16H2,1-4H3,(H,33,34). The smallest absolute Gasteiger partial charge is 0.338 e. The number of Topliss-reactive ketones (excluding diaryl/α,β-unsaturated/α-hetero) is 1. The fourth-order valence-electron chi connectivity index (χ4n) is 6.11. The summed E-state index contributed by atoms with van der Waals surface area (Å²) >= 11 is 0. The van der Waals surface area contributed by atoms with Crippen LogP contribution < -0.4 is 4.74 Å². The van der Waals surface area contributed by atoms with E-state index in [0.29, 0.717) is 47.4 Å². The number of nitrogens with zero attached hydrogens (tertiary/aromatic N) is 4. The van der Waals surface area contributed by atoms with E-state index in [-0.39, 0.29) is 29.2 Å². The number of benzene rings is 2. The Morgan fingerprint density at radius 1 is 1.07 bits per heavy atom. The number of methoxy groups -OCH3 is 1. The molecule has 1 spiro atoms. The highest BCUT2D eigenvalue weighted by molar-refractivity contribution is 5.98. The van der Waals surface area contributed by atoms with Gasteiger partial charge in [-0.15, -0.1) is 0 Å². The van der Waals surface area contributed by atoms with Gasteiger partial charge in [-0.1, -0.05) is 6.07 Å². The number of fused-ring (bicyclic) bond motifs is 2. The van der Waals surface area contributed by atoms with E-state index in [1.807, 2.05) is 36.5 Å². The van der Waals surface area contributed by atoms with Gasteiger partial charge in [0.2, 0.25) is 0 Å². The predicted octanol–water partition coefficient (Wildman–Crippen LogP) is 5.28. The molecule has 6 rings (SSSR count). The Morgan fingerprint density at radius 2 is 1.85 bits per heavy atom. The van der Waals surface area contributed by atoms with Crippen LogP contribution in [0.2, 0.25) is 0 Å². The average Bonchev–Trinajstić information content (AvgIpc) is 3.57. The normalized spacial score (nSPS) is 16.3. The quantitative estimate of drug-likeness (QED) is 0.333. The molecule has 10 nitrogen and oxygen atoms in total. The molecule has 1 aliphatic heterocycles. The van der Waals surface area contributed by atoms with Crippen LogP contribution in [0.25, 0.3) is 11.0 Å². The lowest BCUT2D eigenvalue weighted by Gasteiger charge is -2.43. The summed E-state index contributed by atoms with van der Waals surface area (Å²) in [5, 5.41) is 4.47. The van der Waals surface area contributed by atoms with Crippen molar-refractivity contribution in [2.24, 2.45) is 5.41 Å². The molecule has 1 fully saturated rings. The monoisotopic (exact) mass is 555 g/mol. The molecule has 41 heavy (non-hydrogen) atoms. The molecule has 0 unspecified atom stereocenters. The number of imidazole rings is 1. The molecule has 2 aromatic carbocycles. The second-order valence-corrected chi connectivity index (χ2v) is 11.5. The van der Waals surface area contributed by atoms with E-state index >= 15 is 0 Å². The molecule has 0 bridgehead atoms. The zero-order valence-electron chi connectivity index (χ0n) is 23.7. The van der Waals surface area contributed by atoms with Gasteiger partial charge >= 0.3 is 5.97 Å². The van der Waals surface area contributed by atoms with Crippen molar-refractivity contribution in [1.29, 1.82) is 0 Å². The molecule has 3 heterocycles. The number of amides is 1. The molecule has 1 N–H and O–H groups in total. The molecule has 10 heteroatoms. The van der Waals surface area contributed by atoms with Crippen molar-refractivity contribution >= 4 is 28.7 Å². The SMILES string of the molecule is COC(=O)c1cc(Oc2nc3ccc(C(=O)N4CCC5(CC4)CC(=O)c4c(cnn4C(C)C)C5)cc3[nH]2)ccc1C. The van der Waals surface area contributed by atoms with Crippen LogP contribution in [0.1, 0.15) is 81.5 Å². The van der Waals surface area contributed by atoms with E-state index in [0.717, 1.165) is 36.1 Å². The third kappa shape index (κ3) is 4.87. The molecule has 1 amide bonds. The maximum Gasteiger partial charge on any atom is 0.338 e. The summed E-state index contributed by atoms with van der Waals surface area (Å²) < 4.78 is 12.6. The van der Waals surface area contributed by atoms with Gasteiger partial charge in [0, 0.05) is 36.7 Å². The molecular formula is C31H33N5O5. The van der Waals surface area contributed by atoms with Gasteiger partial charge in [-0.25, -0.2) is 4.79 Å². The molecule has 0 atom stereocenters. The average molecular weight is 556 g/mol. The maximum absolute atomic E-state index is 13.5. The Kier molecular flexibility index (Phi) is 6.63. The third-order valence-electron chi connectivity index (χ3n) is 8.37. The van der Waals surface area contributed by atoms with Gasteiger partial charge in [0.05, 0.1) is 29.9 Å². The third-order valence-corrected chi connectivity index (χ3v) is 8.37. The number of nitrogens with one attached hydrogen (secondary N) is 1. The second-order valence-electron chi connectivity index (χ2n) is 11.5. The zero-order chi connectivity index (χ0) is 28.9. The number of rotatable bonds is 5. The highest BCUT2D eigenvalue weighted by Crippen LogP contribution is 2.44. The number of aryl methyl sites for hydroxylation is 1. The second kappa shape index (κ2) is 10.2. The van der Waals surface area contributed by atoms with Gasteiger partial charge in [0.25, 0.3) is 11.9 Å². The van der Waals surface area contributed by atoms with E-state index in [1.54, 1.807) is 36.4 Å². The van der Waals surface area contributed by atoms with Crippen LogP contribution in [-0.2, 0) is 11.2 Å². The van der Waals surface area contributed by atoms with Gasteiger partial charge in [-0.2, -0.15) is 10.1 Å². The van der Waals surface area contributed by atoms with Gasteiger partial charge < -0.3 is 19.4 Å². The van der Waals surface area contributed by atoms with Crippen molar-refractivity contribution in [3.8, 4) is 11.8 Å². The molecule has 1 aliphatic carbocycles. The number of aromatic amines is 1. The minimum absolute atomic E-state index is 0.0458. The summed E-state index contributed by atoms with van der Waals surface area (Å²) in [5.74, 6) is 0.118. The number of aromatic nitrogens is 4. The Bertz CT molecular complexity index is 1680. The largest absolute Gasteiger partial charge is 0.465 e. The summed E-state index contributed by atoms with van der Waals surface area (Å²) in [5.41, 5.74) is 4.77. The molecule has 2 aromatic heterocycles. The number of hydrogen-bond donors (Lipinski definition) is 1. The van der Waals surface area contributed by atoms with Crippen molar-refractivity contribution in [2.75, 3.05) is 20.2 Å². The number of H-pyrrole nitrogens is 1. The summed E-state index contributed by atoms with van der Waals surface area (Å²) in [6.07, 6.45) is 4.75. The predicted molar refractivity (Wildman–Crippen MR) is 152 cm³/mol. The summed E-state index contributed by atoms with van der Waals surface area (Å²) in [4.78, 5) is 48.1. The lowest BCUT2D eigenvalue weighted by Crippen LogP contribution is -2.46. The first-order valence-corrected chi connectivity index (χ1v) is 13.9. The molecule has 212 valence electrons. The molecule has 4 aromatic rings. The minimum atomic E-state index is -0.438. The summed E-state index contributed by atoms with van der Waals surface area (Å²) in [7, 11) is 1.34. The number of carbonyl (C=O) groups is 3. The fraction of sp³-hybridized carbons (Fsp3) is 0.387. The number of piperidine rings is 1. The highest BCUT2D eigenvalue weighted by Gasteiger charge is 2.43. The summed E-state index contributed by atoms with van der Waals surface area (Å²) in [6, 6.07) is 10.9. The Balaban J connectivity index is 1.14. The lowest BCUT2D eigenvalue weighted by atomic mass is 9.67. The van der Waals surface area contributed by atoms with Crippen LogP contribution in [0, 0.1) is 12.3 Å². The van der Waals surface area contributed by atoms with Crippen LogP contribution in [0.5, 0.6) is 11.8 Å². The van der Waals surface area contributed by atoms with Crippen molar-refractivity contribution in [3.05, 3.63) is 70.5 Å². The number of ether oxygens (including phenoxy) is 2. The molecule has 0 saturated carbocycles. The maximum atomic E-state index is 13.5. The van der Waals surface area contributed by atoms with E-state index in [1.165, 1.54) is 7.11 Å². The first-order valence-electron chi connectivity index (χ1n) is 13.9. The van der Waals surface area contributed by atoms with Gasteiger partial charge in [0.1, 0.15) is 11.4 Å². The Hall–Kier alpha value is -4.47. The number of ketones is 1. The van der Waals surface area contributed by atoms with E-state index < -0.39 is 5.97 Å². The summed E-state index contributed by atoms with van der Waals surface area (Å²) in [6.45, 7) is 7.10. The molecule has 1 saturated heterocycles. The first-order chi connectivity index (χ1) is 19.7. The van der Waals surface area contributed by atoms with Crippen LogP contribution in [0.3, 0.4) is 0 Å². The Morgan fingerprint density at radius 3 is 2.59 bits per heavy atom. The van der Waals surface area contributed by atoms with Gasteiger partial charge in [-0.05, 0) is 81.3 Å². The minimum Gasteiger partial charge on any atom is -0.465 e. The number of hydrogen-bond acceptors (Lipinski definition) is 7. The number of likely N-dealkylation sites (tertiary alicyclic amines) is 1. The highest BCUT2D eigenvalue weighted by atomic mass is 16.5. The van der Waals surface area contributed by atoms with Crippen molar-refractivity contribution in [2.45, 2.75) is 52.5 Å². The zero-order valence-corrected chi connectivity index (χ0v) is 23.7. The molecular weight excluding hydrogens is 522 g/mol. The van der Waals surface area contributed by atoms with E-state index in [2.05, 4.69) is 15.1 Å². The number of esters is 1. The molecule has 2 aliphatic rings. The topological polar surface area (TPSA) is 119 Å². The van der Waals surface area contributed by atoms with Gasteiger partial charge in [0.15, 0.2) is 5.78 Å². The van der Waals surface area contributed by atoms with E-state index in [9.17, 15) is 14.4 Å². The van der Waals surface area contributed by atoms with Crippen molar-refractivity contribution < 1.29 is 23.9 Å². The lowest BCUT2D eigenvalue weighted by molar-refractivity contribution is 0.0516. The van der Waals surface area contributed by atoms with Crippen LogP contribution in [0.15, 0.2) is 42.6 Å². The first kappa shape index (κ1) is 26.7. The molecule has 0 radical (unpaired) electrons. The number of carbonyl (C=O) groups excluding carboxylic acids is 3. The fourth-order valence-corrected chi connectivity index (χ4v) is 6.11. The Labute approximate surface area is 237 Å². The van der Waals surface area contributed by atoms with Crippen LogP contribution in [-0.4, -0.2) is 62.5 Å². The van der Waals surface area contributed by atoms with Gasteiger partial charge in [-0.3, -0.25) is 14.3 Å². The van der Waals surface area contributed by atoms with Crippen LogP contribution in [0.4, 0.5) is 0 Å². The van der Waals surface area contributed by atoms with Crippen molar-refractivity contribution in [1.82, 2.24) is 24.6 Å². The van der Waals surface area contributed by atoms with Crippen LogP contribution >= 0.6 is 0 Å². The van der Waals surface area contributed by atoms with E-state index in [4.69, 9.17) is 9.47 Å². The van der Waals surface area contributed by atoms with Crippen molar-refractivity contribution in [3.63, 3.8) is 0 Å².